The quantitative estimate of drug-likeness (QED) is 0.616. The van der Waals surface area contributed by atoms with Crippen molar-refractivity contribution in [3.63, 3.8) is 0 Å². The first-order chi connectivity index (χ1) is 10.3. The second-order valence-corrected chi connectivity index (χ2v) is 4.87. The van der Waals surface area contributed by atoms with Crippen LogP contribution >= 0.6 is 12.2 Å². The van der Waals surface area contributed by atoms with Crippen LogP contribution in [-0.4, -0.2) is 11.7 Å². The predicted octanol–water partition coefficient (Wildman–Crippen LogP) is 4.80. The van der Waals surface area contributed by atoms with Crippen molar-refractivity contribution in [3.05, 3.63) is 54.6 Å². The molecule has 0 fully saturated rings. The van der Waals surface area contributed by atoms with E-state index in [2.05, 4.69) is 27.8 Å². The maximum Gasteiger partial charge on any atom is 0.170 e. The average Bonchev–Trinajstić information content (AvgIpc) is 2.53. The molecule has 0 heterocycles. The zero-order chi connectivity index (χ0) is 14.9. The van der Waals surface area contributed by atoms with Crippen LogP contribution in [0.25, 0.3) is 0 Å². The molecule has 0 atom stereocenters. The van der Waals surface area contributed by atoms with Gasteiger partial charge in [-0.15, -0.1) is 0 Å². The van der Waals surface area contributed by atoms with E-state index in [0.717, 1.165) is 30.0 Å². The van der Waals surface area contributed by atoms with Crippen LogP contribution in [0.2, 0.25) is 0 Å². The fourth-order valence-corrected chi connectivity index (χ4v) is 1.86. The molecule has 0 aliphatic carbocycles. The van der Waals surface area contributed by atoms with Crippen LogP contribution in [-0.2, 0) is 0 Å². The molecule has 2 aromatic rings. The normalized spacial score (nSPS) is 10.5. The van der Waals surface area contributed by atoms with Gasteiger partial charge < -0.3 is 10.6 Å². The van der Waals surface area contributed by atoms with Crippen molar-refractivity contribution in [3.8, 4) is 0 Å². The molecule has 4 nitrogen and oxygen atoms in total. The number of thiocarbonyl (C=S) groups is 1. The van der Waals surface area contributed by atoms with Gasteiger partial charge in [-0.25, -0.2) is 0 Å². The van der Waals surface area contributed by atoms with Gasteiger partial charge in [-0.1, -0.05) is 25.1 Å². The number of anilines is 1. The summed E-state index contributed by atoms with van der Waals surface area (Å²) >= 11 is 5.19. The summed E-state index contributed by atoms with van der Waals surface area (Å²) in [4.78, 5) is 0. The highest BCUT2D eigenvalue weighted by molar-refractivity contribution is 7.80. The summed E-state index contributed by atoms with van der Waals surface area (Å²) in [5.41, 5.74) is 2.57. The van der Waals surface area contributed by atoms with Gasteiger partial charge in [0.25, 0.3) is 0 Å². The van der Waals surface area contributed by atoms with Crippen molar-refractivity contribution in [2.24, 2.45) is 10.2 Å². The van der Waals surface area contributed by atoms with Gasteiger partial charge in [-0.3, -0.25) is 0 Å². The minimum atomic E-state index is 0.635. The van der Waals surface area contributed by atoms with E-state index < -0.39 is 0 Å². The Balaban J connectivity index is 1.93. The Morgan fingerprint density at radius 2 is 1.57 bits per heavy atom. The highest BCUT2D eigenvalue weighted by Gasteiger charge is 1.97. The first kappa shape index (κ1) is 15.1. The number of rotatable bonds is 5. The Bertz CT molecular complexity index is 593. The molecule has 5 heteroatoms. The Labute approximate surface area is 130 Å². The average molecular weight is 298 g/mol. The van der Waals surface area contributed by atoms with E-state index >= 15 is 0 Å². The standard InChI is InChI=1S/C16H18N4S/c1-2-12-17-16(21)18-13-8-10-15(11-9-13)20-19-14-6-4-3-5-7-14/h3-11H,2,12H2,1H3,(H2,17,18,21). The van der Waals surface area contributed by atoms with Crippen molar-refractivity contribution in [1.82, 2.24) is 5.32 Å². The maximum atomic E-state index is 5.19. The zero-order valence-corrected chi connectivity index (χ0v) is 12.7. The maximum absolute atomic E-state index is 5.19. The molecule has 0 saturated carbocycles. The number of hydrogen-bond donors (Lipinski definition) is 2. The van der Waals surface area contributed by atoms with Crippen molar-refractivity contribution >= 4 is 34.4 Å². The van der Waals surface area contributed by atoms with Gasteiger partial charge in [0.1, 0.15) is 0 Å². The minimum Gasteiger partial charge on any atom is -0.362 e. The van der Waals surface area contributed by atoms with Crippen molar-refractivity contribution in [2.75, 3.05) is 11.9 Å². The highest BCUT2D eigenvalue weighted by atomic mass is 32.1. The second kappa shape index (κ2) is 8.11. The number of hydrogen-bond acceptors (Lipinski definition) is 3. The molecule has 0 aliphatic rings. The summed E-state index contributed by atoms with van der Waals surface area (Å²) < 4.78 is 0. The first-order valence-corrected chi connectivity index (χ1v) is 7.30. The number of azo groups is 1. The lowest BCUT2D eigenvalue weighted by atomic mass is 10.3. The molecule has 0 bridgehead atoms. The van der Waals surface area contributed by atoms with Gasteiger partial charge in [-0.2, -0.15) is 10.2 Å². The molecule has 2 aromatic carbocycles. The van der Waals surface area contributed by atoms with Gasteiger partial charge in [0.2, 0.25) is 0 Å². The molecule has 0 spiro atoms. The van der Waals surface area contributed by atoms with Gasteiger partial charge in [0.05, 0.1) is 11.4 Å². The Hall–Kier alpha value is -2.27. The number of benzene rings is 2. The van der Waals surface area contributed by atoms with Gasteiger partial charge >= 0.3 is 0 Å². The monoisotopic (exact) mass is 298 g/mol. The molecule has 0 radical (unpaired) electrons. The summed E-state index contributed by atoms with van der Waals surface area (Å²) in [6.45, 7) is 2.97. The summed E-state index contributed by atoms with van der Waals surface area (Å²) in [7, 11) is 0. The lowest BCUT2D eigenvalue weighted by Gasteiger charge is -2.09. The van der Waals surface area contributed by atoms with Crippen molar-refractivity contribution in [2.45, 2.75) is 13.3 Å². The number of nitrogens with zero attached hydrogens (tertiary/aromatic N) is 2. The van der Waals surface area contributed by atoms with E-state index in [1.807, 2.05) is 54.6 Å². The predicted molar refractivity (Wildman–Crippen MR) is 91.6 cm³/mol. The molecule has 21 heavy (non-hydrogen) atoms. The molecule has 2 N–H and O–H groups in total. The van der Waals surface area contributed by atoms with E-state index in [1.54, 1.807) is 0 Å². The third kappa shape index (κ3) is 5.31. The lowest BCUT2D eigenvalue weighted by molar-refractivity contribution is 0.846. The van der Waals surface area contributed by atoms with Gasteiger partial charge in [0, 0.05) is 12.2 Å². The second-order valence-electron chi connectivity index (χ2n) is 4.46. The van der Waals surface area contributed by atoms with Gasteiger partial charge in [0.15, 0.2) is 5.11 Å². The molecule has 0 aromatic heterocycles. The largest absolute Gasteiger partial charge is 0.362 e. The van der Waals surface area contributed by atoms with E-state index in [9.17, 15) is 0 Å². The molecular weight excluding hydrogens is 280 g/mol. The molecule has 2 rings (SSSR count). The van der Waals surface area contributed by atoms with E-state index in [1.165, 1.54) is 0 Å². The van der Waals surface area contributed by atoms with Crippen LogP contribution in [0.1, 0.15) is 13.3 Å². The molecule has 0 saturated heterocycles. The fourth-order valence-electron chi connectivity index (χ4n) is 1.64. The van der Waals surface area contributed by atoms with Crippen LogP contribution < -0.4 is 10.6 Å². The molecule has 108 valence electrons. The first-order valence-electron chi connectivity index (χ1n) is 6.89. The fraction of sp³-hybridized carbons (Fsp3) is 0.188. The van der Waals surface area contributed by atoms with E-state index in [-0.39, 0.29) is 0 Å². The SMILES string of the molecule is CCCNC(=S)Nc1ccc(N=Nc2ccccc2)cc1. The Morgan fingerprint density at radius 3 is 2.19 bits per heavy atom. The van der Waals surface area contributed by atoms with Crippen LogP contribution in [0.5, 0.6) is 0 Å². The Kier molecular flexibility index (Phi) is 5.84. The highest BCUT2D eigenvalue weighted by Crippen LogP contribution is 2.19. The van der Waals surface area contributed by atoms with Crippen LogP contribution in [0.15, 0.2) is 64.8 Å². The third-order valence-electron chi connectivity index (χ3n) is 2.70. The summed E-state index contributed by atoms with van der Waals surface area (Å²) in [5, 5.41) is 15.3. The topological polar surface area (TPSA) is 48.8 Å². The summed E-state index contributed by atoms with van der Waals surface area (Å²) in [6, 6.07) is 17.3. The summed E-state index contributed by atoms with van der Waals surface area (Å²) in [5.74, 6) is 0. The van der Waals surface area contributed by atoms with E-state index in [0.29, 0.717) is 5.11 Å². The molecule has 0 unspecified atom stereocenters. The molecule has 0 aliphatic heterocycles. The van der Waals surface area contributed by atoms with Gasteiger partial charge in [-0.05, 0) is 55.0 Å². The van der Waals surface area contributed by atoms with Crippen LogP contribution in [0.4, 0.5) is 17.1 Å². The minimum absolute atomic E-state index is 0.635. The van der Waals surface area contributed by atoms with Crippen LogP contribution in [0, 0.1) is 0 Å². The smallest absolute Gasteiger partial charge is 0.170 e. The molecule has 0 amide bonds. The van der Waals surface area contributed by atoms with Crippen molar-refractivity contribution in [1.29, 1.82) is 0 Å². The van der Waals surface area contributed by atoms with E-state index in [4.69, 9.17) is 12.2 Å². The Morgan fingerprint density at radius 1 is 0.952 bits per heavy atom. The van der Waals surface area contributed by atoms with Crippen molar-refractivity contribution < 1.29 is 0 Å². The lowest BCUT2D eigenvalue weighted by Crippen LogP contribution is -2.28. The molecular formula is C16H18N4S. The van der Waals surface area contributed by atoms with Crippen LogP contribution in [0.3, 0.4) is 0 Å². The summed E-state index contributed by atoms with van der Waals surface area (Å²) in [6.07, 6.45) is 1.04. The number of nitrogens with one attached hydrogen (secondary N) is 2. The zero-order valence-electron chi connectivity index (χ0n) is 11.9. The third-order valence-corrected chi connectivity index (χ3v) is 2.94.